The molecular weight excluding hydrogens is 96.1 g/mol. The zero-order valence-electron chi connectivity index (χ0n) is 4.83. The molecule has 0 radical (unpaired) electrons. The lowest BCUT2D eigenvalue weighted by Gasteiger charge is -2.15. The maximum absolute atomic E-state index is 3.53. The van der Waals surface area contributed by atoms with Gasteiger partial charge in [0.05, 0.1) is 0 Å². The summed E-state index contributed by atoms with van der Waals surface area (Å²) in [6.07, 6.45) is 2.22. The first-order valence-corrected chi connectivity index (χ1v) is 2.66. The van der Waals surface area contributed by atoms with Crippen LogP contribution >= 0.6 is 0 Å². The molecule has 0 spiro atoms. The first-order valence-electron chi connectivity index (χ1n) is 2.66. The first kappa shape index (κ1) is 5.18. The third kappa shape index (κ3) is 0.567. The highest BCUT2D eigenvalue weighted by atomic mass is 14.2. The van der Waals surface area contributed by atoms with Gasteiger partial charge in [-0.25, -0.2) is 0 Å². The van der Waals surface area contributed by atoms with Gasteiger partial charge in [-0.15, -0.1) is 11.5 Å². The standard InChI is InChI=1S/C8H8/c1-3-7-5-6-8(7)4-2/h1-2,5-6H2. The molecule has 0 aromatic rings. The van der Waals surface area contributed by atoms with Crippen LogP contribution in [0.15, 0.2) is 35.8 Å². The lowest BCUT2D eigenvalue weighted by Crippen LogP contribution is -1.99. The van der Waals surface area contributed by atoms with Crippen LogP contribution in [0.3, 0.4) is 0 Å². The van der Waals surface area contributed by atoms with Gasteiger partial charge in [0, 0.05) is 11.1 Å². The molecule has 0 saturated heterocycles. The molecule has 1 rings (SSSR count). The predicted molar refractivity (Wildman–Crippen MR) is 34.5 cm³/mol. The second kappa shape index (κ2) is 1.88. The Morgan fingerprint density at radius 3 is 1.50 bits per heavy atom. The summed E-state index contributed by atoms with van der Waals surface area (Å²) in [6.45, 7) is 7.06. The van der Waals surface area contributed by atoms with E-state index in [1.54, 1.807) is 0 Å². The molecule has 0 aromatic carbocycles. The number of hydrogen-bond donors (Lipinski definition) is 0. The minimum Gasteiger partial charge on any atom is -0.124 e. The largest absolute Gasteiger partial charge is 0.124 e. The average molecular weight is 104 g/mol. The van der Waals surface area contributed by atoms with Gasteiger partial charge < -0.3 is 0 Å². The number of rotatable bonds is 0. The van der Waals surface area contributed by atoms with E-state index in [2.05, 4.69) is 24.6 Å². The second-order valence-corrected chi connectivity index (χ2v) is 1.81. The molecule has 0 aromatic heterocycles. The van der Waals surface area contributed by atoms with Gasteiger partial charge in [0.1, 0.15) is 0 Å². The van der Waals surface area contributed by atoms with E-state index in [1.807, 2.05) is 0 Å². The highest BCUT2D eigenvalue weighted by molar-refractivity contribution is 5.37. The quantitative estimate of drug-likeness (QED) is 0.413. The molecule has 1 aliphatic carbocycles. The minimum atomic E-state index is 1.11. The SMILES string of the molecule is C=C=C1CCC1=C=C. The molecule has 0 bridgehead atoms. The van der Waals surface area contributed by atoms with Crippen molar-refractivity contribution in [2.45, 2.75) is 12.8 Å². The van der Waals surface area contributed by atoms with Gasteiger partial charge in [-0.05, 0) is 12.8 Å². The van der Waals surface area contributed by atoms with Crippen molar-refractivity contribution in [1.82, 2.24) is 0 Å². The fourth-order valence-corrected chi connectivity index (χ4v) is 0.765. The van der Waals surface area contributed by atoms with Crippen molar-refractivity contribution in [3.05, 3.63) is 35.8 Å². The van der Waals surface area contributed by atoms with Crippen molar-refractivity contribution in [2.24, 2.45) is 0 Å². The molecule has 0 heterocycles. The van der Waals surface area contributed by atoms with Crippen LogP contribution in [0.5, 0.6) is 0 Å². The third-order valence-electron chi connectivity index (χ3n) is 1.42. The van der Waals surface area contributed by atoms with E-state index in [-0.39, 0.29) is 0 Å². The van der Waals surface area contributed by atoms with Gasteiger partial charge in [-0.3, -0.25) is 0 Å². The lowest BCUT2D eigenvalue weighted by atomic mass is 9.87. The van der Waals surface area contributed by atoms with Crippen molar-refractivity contribution >= 4 is 0 Å². The Hall–Kier alpha value is -0.960. The van der Waals surface area contributed by atoms with E-state index in [9.17, 15) is 0 Å². The van der Waals surface area contributed by atoms with Crippen LogP contribution in [0.4, 0.5) is 0 Å². The van der Waals surface area contributed by atoms with Crippen molar-refractivity contribution < 1.29 is 0 Å². The Morgan fingerprint density at radius 1 is 1.00 bits per heavy atom. The van der Waals surface area contributed by atoms with Crippen LogP contribution in [0.2, 0.25) is 0 Å². The average Bonchev–Trinajstić information content (AvgIpc) is 1.66. The van der Waals surface area contributed by atoms with Crippen LogP contribution in [-0.4, -0.2) is 0 Å². The molecule has 0 aliphatic heterocycles. The summed E-state index contributed by atoms with van der Waals surface area (Å²) < 4.78 is 0. The Morgan fingerprint density at radius 2 is 1.38 bits per heavy atom. The van der Waals surface area contributed by atoms with Crippen LogP contribution in [0.1, 0.15) is 12.8 Å². The van der Waals surface area contributed by atoms with Crippen molar-refractivity contribution in [3.63, 3.8) is 0 Å². The second-order valence-electron chi connectivity index (χ2n) is 1.81. The van der Waals surface area contributed by atoms with Gasteiger partial charge in [0.15, 0.2) is 0 Å². The molecule has 1 aliphatic rings. The minimum absolute atomic E-state index is 1.11. The number of allylic oxidation sites excluding steroid dienone is 2. The fraction of sp³-hybridized carbons (Fsp3) is 0.250. The Labute approximate surface area is 49.5 Å². The van der Waals surface area contributed by atoms with Gasteiger partial charge in [0.2, 0.25) is 0 Å². The monoisotopic (exact) mass is 104 g/mol. The van der Waals surface area contributed by atoms with E-state index in [0.29, 0.717) is 0 Å². The smallest absolute Gasteiger partial charge is 0.00460 e. The molecule has 0 unspecified atom stereocenters. The number of hydrogen-bond acceptors (Lipinski definition) is 0. The van der Waals surface area contributed by atoms with E-state index < -0.39 is 0 Å². The molecule has 8 heavy (non-hydrogen) atoms. The van der Waals surface area contributed by atoms with Gasteiger partial charge in [0.25, 0.3) is 0 Å². The summed E-state index contributed by atoms with van der Waals surface area (Å²) in [5.41, 5.74) is 8.05. The summed E-state index contributed by atoms with van der Waals surface area (Å²) in [6, 6.07) is 0. The van der Waals surface area contributed by atoms with Gasteiger partial charge >= 0.3 is 0 Å². The molecular formula is C8H8. The Balaban J connectivity index is 2.94. The van der Waals surface area contributed by atoms with Crippen molar-refractivity contribution in [2.75, 3.05) is 0 Å². The van der Waals surface area contributed by atoms with Crippen LogP contribution < -0.4 is 0 Å². The maximum atomic E-state index is 3.53. The molecule has 40 valence electrons. The predicted octanol–water partition coefficient (Wildman–Crippen LogP) is 2.20. The molecule has 0 N–H and O–H groups in total. The highest BCUT2D eigenvalue weighted by Gasteiger charge is 2.13. The zero-order chi connectivity index (χ0) is 5.98. The third-order valence-corrected chi connectivity index (χ3v) is 1.42. The topological polar surface area (TPSA) is 0 Å². The maximum Gasteiger partial charge on any atom is 0.00460 e. The van der Waals surface area contributed by atoms with Gasteiger partial charge in [-0.2, -0.15) is 0 Å². The summed E-state index contributed by atoms with van der Waals surface area (Å²) in [7, 11) is 0. The summed E-state index contributed by atoms with van der Waals surface area (Å²) in [4.78, 5) is 0. The highest BCUT2D eigenvalue weighted by Crippen LogP contribution is 2.29. The Kier molecular flexibility index (Phi) is 1.22. The molecule has 0 nitrogen and oxygen atoms in total. The van der Waals surface area contributed by atoms with E-state index in [1.165, 1.54) is 11.1 Å². The molecule has 0 heteroatoms. The molecule has 1 fully saturated rings. The molecule has 0 amide bonds. The van der Waals surface area contributed by atoms with Crippen LogP contribution in [0, 0.1) is 0 Å². The van der Waals surface area contributed by atoms with Gasteiger partial charge in [-0.1, -0.05) is 13.2 Å². The molecule has 0 atom stereocenters. The van der Waals surface area contributed by atoms with E-state index in [4.69, 9.17) is 0 Å². The van der Waals surface area contributed by atoms with E-state index >= 15 is 0 Å². The fourth-order valence-electron chi connectivity index (χ4n) is 0.765. The lowest BCUT2D eigenvalue weighted by molar-refractivity contribution is 0.830. The zero-order valence-corrected chi connectivity index (χ0v) is 4.83. The van der Waals surface area contributed by atoms with Crippen LogP contribution in [0.25, 0.3) is 0 Å². The first-order chi connectivity index (χ1) is 3.88. The van der Waals surface area contributed by atoms with Crippen LogP contribution in [-0.2, 0) is 0 Å². The Bertz CT molecular complexity index is 172. The van der Waals surface area contributed by atoms with Crippen molar-refractivity contribution in [1.29, 1.82) is 0 Å². The summed E-state index contributed by atoms with van der Waals surface area (Å²) in [5, 5.41) is 0. The molecule has 1 saturated carbocycles. The van der Waals surface area contributed by atoms with E-state index in [0.717, 1.165) is 12.8 Å². The summed E-state index contributed by atoms with van der Waals surface area (Å²) in [5.74, 6) is 0. The van der Waals surface area contributed by atoms with Crippen molar-refractivity contribution in [3.8, 4) is 0 Å². The normalized spacial score (nSPS) is 16.5. The summed E-state index contributed by atoms with van der Waals surface area (Å²) >= 11 is 0.